The van der Waals surface area contributed by atoms with E-state index >= 15 is 4.39 Å². The number of nitrogens with zero attached hydrogens (tertiary/aromatic N) is 2. The van der Waals surface area contributed by atoms with Crippen LogP contribution in [0.15, 0.2) is 54.5 Å². The Bertz CT molecular complexity index is 1000. The van der Waals surface area contributed by atoms with Crippen molar-refractivity contribution in [2.24, 2.45) is 0 Å². The monoisotopic (exact) mass is 408 g/mol. The predicted octanol–water partition coefficient (Wildman–Crippen LogP) is 3.69. The number of hydrogen-bond acceptors (Lipinski definition) is 5. The smallest absolute Gasteiger partial charge is 0.398 e. The second-order valence-corrected chi connectivity index (χ2v) is 8.40. The molecule has 0 N–H and O–H groups in total. The highest BCUT2D eigenvalue weighted by Gasteiger charge is 2.54. The second-order valence-electron chi connectivity index (χ2n) is 8.40. The fourth-order valence-electron chi connectivity index (χ4n) is 3.48. The van der Waals surface area contributed by atoms with Crippen LogP contribution in [0.5, 0.6) is 0 Å². The van der Waals surface area contributed by atoms with Crippen LogP contribution < -0.4 is 0 Å². The van der Waals surface area contributed by atoms with E-state index in [-0.39, 0.29) is 12.1 Å². The number of rotatable bonds is 4. The third-order valence-corrected chi connectivity index (χ3v) is 5.95. The molecular formula is C22H22BFN2O4. The number of aromatic nitrogens is 1. The molecule has 8 heteroatoms. The van der Waals surface area contributed by atoms with E-state index in [9.17, 15) is 9.59 Å². The van der Waals surface area contributed by atoms with Gasteiger partial charge in [0.1, 0.15) is 5.73 Å². The summed E-state index contributed by atoms with van der Waals surface area (Å²) in [6.07, 6.45) is 3.05. The number of imide groups is 1. The van der Waals surface area contributed by atoms with Crippen molar-refractivity contribution < 1.29 is 23.3 Å². The van der Waals surface area contributed by atoms with E-state index in [1.807, 2.05) is 27.7 Å². The molecule has 4 rings (SSSR count). The standard InChI is InChI=1S/C22H22BFN2O4/c1-21(2)22(3,4)30-23(29-21)18(24)17(14-8-7-11-25-12-14)13-26-19(27)15-9-5-6-10-16(15)20(26)28/h5-12H,13H2,1-4H3. The molecule has 1 saturated heterocycles. The summed E-state index contributed by atoms with van der Waals surface area (Å²) < 4.78 is 27.4. The van der Waals surface area contributed by atoms with E-state index in [0.717, 1.165) is 4.90 Å². The molecule has 0 saturated carbocycles. The first-order chi connectivity index (χ1) is 14.1. The predicted molar refractivity (Wildman–Crippen MR) is 110 cm³/mol. The molecule has 2 aliphatic rings. The maximum atomic E-state index is 15.7. The normalized spacial score (nSPS) is 20.4. The molecule has 30 heavy (non-hydrogen) atoms. The van der Waals surface area contributed by atoms with Gasteiger partial charge in [-0.1, -0.05) is 18.2 Å². The van der Waals surface area contributed by atoms with Crippen LogP contribution in [0.2, 0.25) is 0 Å². The van der Waals surface area contributed by atoms with Crippen LogP contribution in [-0.2, 0) is 9.31 Å². The molecular weight excluding hydrogens is 386 g/mol. The zero-order valence-electron chi connectivity index (χ0n) is 17.3. The Morgan fingerprint density at radius 3 is 2.07 bits per heavy atom. The molecule has 6 nitrogen and oxygen atoms in total. The average Bonchev–Trinajstić information content (AvgIpc) is 3.09. The van der Waals surface area contributed by atoms with Crippen LogP contribution in [-0.4, -0.2) is 46.6 Å². The minimum Gasteiger partial charge on any atom is -0.398 e. The Hall–Kier alpha value is -2.84. The van der Waals surface area contributed by atoms with Gasteiger partial charge in [-0.25, -0.2) is 4.39 Å². The van der Waals surface area contributed by atoms with Gasteiger partial charge in [0, 0.05) is 18.0 Å². The van der Waals surface area contributed by atoms with E-state index in [0.29, 0.717) is 16.7 Å². The molecule has 1 aromatic carbocycles. The average molecular weight is 408 g/mol. The highest BCUT2D eigenvalue weighted by Crippen LogP contribution is 2.40. The van der Waals surface area contributed by atoms with Gasteiger partial charge in [0.25, 0.3) is 11.8 Å². The summed E-state index contributed by atoms with van der Waals surface area (Å²) in [5.74, 6) is -0.919. The molecule has 3 heterocycles. The SMILES string of the molecule is CC1(C)OB(C(F)=C(CN2C(=O)c3ccccc3C2=O)c2cccnc2)OC1(C)C. The summed E-state index contributed by atoms with van der Waals surface area (Å²) in [4.78, 5) is 30.7. The van der Waals surface area contributed by atoms with Gasteiger partial charge in [-0.2, -0.15) is 0 Å². The first-order valence-corrected chi connectivity index (χ1v) is 9.72. The van der Waals surface area contributed by atoms with Crippen LogP contribution in [0.1, 0.15) is 54.0 Å². The van der Waals surface area contributed by atoms with Crippen LogP contribution in [0.4, 0.5) is 4.39 Å². The Morgan fingerprint density at radius 2 is 1.57 bits per heavy atom. The van der Waals surface area contributed by atoms with E-state index in [1.165, 1.54) is 6.20 Å². The van der Waals surface area contributed by atoms with Gasteiger partial charge in [0.2, 0.25) is 0 Å². The lowest BCUT2D eigenvalue weighted by Crippen LogP contribution is -2.41. The van der Waals surface area contributed by atoms with Gasteiger partial charge in [-0.3, -0.25) is 19.5 Å². The van der Waals surface area contributed by atoms with Crippen molar-refractivity contribution in [2.45, 2.75) is 38.9 Å². The molecule has 1 aromatic heterocycles. The summed E-state index contributed by atoms with van der Waals surface area (Å²) >= 11 is 0. The van der Waals surface area contributed by atoms with Crippen molar-refractivity contribution in [3.63, 3.8) is 0 Å². The first-order valence-electron chi connectivity index (χ1n) is 9.72. The van der Waals surface area contributed by atoms with E-state index in [4.69, 9.17) is 9.31 Å². The number of amides is 2. The number of carbonyl (C=O) groups is 2. The molecule has 0 aliphatic carbocycles. The van der Waals surface area contributed by atoms with Crippen molar-refractivity contribution in [3.8, 4) is 0 Å². The summed E-state index contributed by atoms with van der Waals surface area (Å²) in [5, 5.41) is 0. The number of hydrogen-bond donors (Lipinski definition) is 0. The van der Waals surface area contributed by atoms with Gasteiger partial charge < -0.3 is 9.31 Å². The second kappa shape index (κ2) is 7.14. The quantitative estimate of drug-likeness (QED) is 0.570. The van der Waals surface area contributed by atoms with Crippen molar-refractivity contribution >= 4 is 24.5 Å². The van der Waals surface area contributed by atoms with Crippen molar-refractivity contribution in [3.05, 3.63) is 71.2 Å². The van der Waals surface area contributed by atoms with Crippen molar-refractivity contribution in [1.82, 2.24) is 9.88 Å². The van der Waals surface area contributed by atoms with Crippen LogP contribution >= 0.6 is 0 Å². The Balaban J connectivity index is 1.73. The Kier molecular flexibility index (Phi) is 4.87. The maximum absolute atomic E-state index is 15.7. The molecule has 1 fully saturated rings. The minimum atomic E-state index is -1.25. The lowest BCUT2D eigenvalue weighted by Gasteiger charge is -2.32. The van der Waals surface area contributed by atoms with Gasteiger partial charge in [-0.15, -0.1) is 0 Å². The lowest BCUT2D eigenvalue weighted by atomic mass is 9.82. The molecule has 2 amide bonds. The maximum Gasteiger partial charge on any atom is 0.525 e. The van der Waals surface area contributed by atoms with E-state index in [1.54, 1.807) is 42.6 Å². The number of carbonyl (C=O) groups excluding carboxylic acids is 2. The fourth-order valence-corrected chi connectivity index (χ4v) is 3.48. The number of pyridine rings is 1. The van der Waals surface area contributed by atoms with Crippen LogP contribution in [0.3, 0.4) is 0 Å². The van der Waals surface area contributed by atoms with Crippen molar-refractivity contribution in [1.29, 1.82) is 0 Å². The van der Waals surface area contributed by atoms with Crippen LogP contribution in [0, 0.1) is 0 Å². The molecule has 154 valence electrons. The van der Waals surface area contributed by atoms with Crippen LogP contribution in [0.25, 0.3) is 5.57 Å². The summed E-state index contributed by atoms with van der Waals surface area (Å²) in [6.45, 7) is 7.05. The largest absolute Gasteiger partial charge is 0.525 e. The molecule has 0 atom stereocenters. The van der Waals surface area contributed by atoms with Crippen molar-refractivity contribution in [2.75, 3.05) is 6.54 Å². The van der Waals surface area contributed by atoms with Gasteiger partial charge >= 0.3 is 7.12 Å². The zero-order chi connectivity index (χ0) is 21.7. The number of fused-ring (bicyclic) bond motifs is 1. The summed E-state index contributed by atoms with van der Waals surface area (Å²) in [7, 11) is -1.25. The number of benzene rings is 1. The topological polar surface area (TPSA) is 68.7 Å². The summed E-state index contributed by atoms with van der Waals surface area (Å²) in [5.41, 5.74) is -0.960. The molecule has 2 aliphatic heterocycles. The molecule has 0 radical (unpaired) electrons. The van der Waals surface area contributed by atoms with Gasteiger partial charge in [0.05, 0.1) is 28.9 Å². The minimum absolute atomic E-state index is 0.121. The highest BCUT2D eigenvalue weighted by atomic mass is 19.1. The van der Waals surface area contributed by atoms with Gasteiger partial charge in [-0.05, 0) is 51.5 Å². The van der Waals surface area contributed by atoms with Gasteiger partial charge in [0.15, 0.2) is 0 Å². The summed E-state index contributed by atoms with van der Waals surface area (Å²) in [6, 6.07) is 9.90. The zero-order valence-corrected chi connectivity index (χ0v) is 17.3. The fraction of sp³-hybridized carbons (Fsp3) is 0.318. The Morgan fingerprint density at radius 1 is 1.00 bits per heavy atom. The van der Waals surface area contributed by atoms with E-state index < -0.39 is 35.9 Å². The molecule has 0 unspecified atom stereocenters. The molecule has 2 aromatic rings. The first kappa shape index (κ1) is 20.4. The Labute approximate surface area is 174 Å². The third-order valence-electron chi connectivity index (χ3n) is 5.95. The van der Waals surface area contributed by atoms with E-state index in [2.05, 4.69) is 4.98 Å². The highest BCUT2D eigenvalue weighted by molar-refractivity contribution is 6.55. The third kappa shape index (κ3) is 3.26. The molecule has 0 spiro atoms. The lowest BCUT2D eigenvalue weighted by molar-refractivity contribution is 0.00578. The number of halogens is 1. The molecule has 0 bridgehead atoms.